The second-order valence-electron chi connectivity index (χ2n) is 10.4. The van der Waals surface area contributed by atoms with Gasteiger partial charge >= 0.3 is 0 Å². The van der Waals surface area contributed by atoms with Crippen molar-refractivity contribution in [2.75, 3.05) is 0 Å². The van der Waals surface area contributed by atoms with Gasteiger partial charge in [-0.3, -0.25) is 0 Å². The van der Waals surface area contributed by atoms with Crippen LogP contribution in [0.15, 0.2) is 150 Å². The molecule has 0 unspecified atom stereocenters. The average Bonchev–Trinajstić information content (AvgIpc) is 2.99. The van der Waals surface area contributed by atoms with Gasteiger partial charge in [-0.15, -0.1) is 0 Å². The van der Waals surface area contributed by atoms with Crippen molar-refractivity contribution < 1.29 is 0 Å². The zero-order chi connectivity index (χ0) is 28.6. The number of hydrogen-bond donors (Lipinski definition) is 0. The number of aryl methyl sites for hydroxylation is 1. The van der Waals surface area contributed by atoms with Gasteiger partial charge in [-0.1, -0.05) is 122 Å². The number of allylic oxidation sites excluding steroid dienone is 13. The van der Waals surface area contributed by atoms with Crippen LogP contribution in [0.3, 0.4) is 0 Å². The maximum atomic E-state index is 3.95. The van der Waals surface area contributed by atoms with E-state index in [0.29, 0.717) is 0 Å². The first-order chi connectivity index (χ1) is 19.3. The van der Waals surface area contributed by atoms with Crippen molar-refractivity contribution in [2.45, 2.75) is 41.5 Å². The molecule has 0 heterocycles. The summed E-state index contributed by atoms with van der Waals surface area (Å²) in [6.07, 6.45) is 16.9. The lowest BCUT2D eigenvalue weighted by atomic mass is 9.88. The normalized spacial score (nSPS) is 14.0. The van der Waals surface area contributed by atoms with Crippen molar-refractivity contribution in [3.05, 3.63) is 161 Å². The summed E-state index contributed by atoms with van der Waals surface area (Å²) in [6.45, 7) is 16.9. The number of fused-ring (bicyclic) bond motifs is 2. The number of benzene rings is 4. The van der Waals surface area contributed by atoms with Gasteiger partial charge in [0.1, 0.15) is 0 Å². The van der Waals surface area contributed by atoms with Crippen LogP contribution in [0.1, 0.15) is 45.7 Å². The molecule has 40 heavy (non-hydrogen) atoms. The summed E-state index contributed by atoms with van der Waals surface area (Å²) in [5.41, 5.74) is 11.2. The Morgan fingerprint density at radius 3 is 1.75 bits per heavy atom. The molecule has 0 nitrogen and oxygen atoms in total. The van der Waals surface area contributed by atoms with Gasteiger partial charge in [-0.25, -0.2) is 0 Å². The third-order valence-corrected chi connectivity index (χ3v) is 7.74. The fourth-order valence-corrected chi connectivity index (χ4v) is 5.09. The fraction of sp³-hybridized carbons (Fsp3) is 0.150. The van der Waals surface area contributed by atoms with Gasteiger partial charge < -0.3 is 0 Å². The zero-order valence-corrected chi connectivity index (χ0v) is 24.8. The van der Waals surface area contributed by atoms with E-state index in [2.05, 4.69) is 144 Å². The van der Waals surface area contributed by atoms with Gasteiger partial charge in [0, 0.05) is 0 Å². The quantitative estimate of drug-likeness (QED) is 0.160. The Balaban J connectivity index is 1.69. The summed E-state index contributed by atoms with van der Waals surface area (Å²) in [5, 5.41) is 5.24. The highest BCUT2D eigenvalue weighted by Gasteiger charge is 2.13. The molecule has 0 aliphatic carbocycles. The summed E-state index contributed by atoms with van der Waals surface area (Å²) in [7, 11) is 0. The van der Waals surface area contributed by atoms with Crippen LogP contribution in [0.25, 0.3) is 38.2 Å². The predicted octanol–water partition coefficient (Wildman–Crippen LogP) is 11.9. The minimum atomic E-state index is 1.13. The minimum Gasteiger partial charge on any atom is -0.0985 e. The molecule has 0 aliphatic rings. The van der Waals surface area contributed by atoms with Crippen molar-refractivity contribution in [1.82, 2.24) is 0 Å². The summed E-state index contributed by atoms with van der Waals surface area (Å²) in [6, 6.07) is 26.5. The molecular weight excluding hydrogens is 480 g/mol. The smallest absolute Gasteiger partial charge is 0.00264 e. The molecule has 0 saturated heterocycles. The SMILES string of the molecule is C=CC(=C\C=C/C)/C(C)=C/C=C(C)/C(C)=C/C=C(\C)c1cccc(-c2c3ccccc3c(C)c3ccccc23)c1. The van der Waals surface area contributed by atoms with Crippen LogP contribution in [-0.2, 0) is 0 Å². The highest BCUT2D eigenvalue weighted by molar-refractivity contribution is 6.15. The van der Waals surface area contributed by atoms with Crippen molar-refractivity contribution in [3.63, 3.8) is 0 Å². The van der Waals surface area contributed by atoms with E-state index in [-0.39, 0.29) is 0 Å². The molecule has 0 aliphatic heterocycles. The molecule has 4 aromatic rings. The van der Waals surface area contributed by atoms with Crippen molar-refractivity contribution in [3.8, 4) is 11.1 Å². The first-order valence-corrected chi connectivity index (χ1v) is 14.0. The van der Waals surface area contributed by atoms with Crippen LogP contribution in [0.2, 0.25) is 0 Å². The number of rotatable bonds is 8. The highest BCUT2D eigenvalue weighted by atomic mass is 14.2. The Labute approximate surface area is 240 Å². The van der Waals surface area contributed by atoms with Crippen molar-refractivity contribution in [2.24, 2.45) is 0 Å². The first-order valence-electron chi connectivity index (χ1n) is 14.0. The zero-order valence-electron chi connectivity index (χ0n) is 24.8. The van der Waals surface area contributed by atoms with Gasteiger partial charge in [0.15, 0.2) is 0 Å². The van der Waals surface area contributed by atoms with E-state index >= 15 is 0 Å². The van der Waals surface area contributed by atoms with Gasteiger partial charge in [0.25, 0.3) is 0 Å². The van der Waals surface area contributed by atoms with Gasteiger partial charge in [-0.2, -0.15) is 0 Å². The summed E-state index contributed by atoms with van der Waals surface area (Å²) in [4.78, 5) is 0. The molecular formula is C40H40. The van der Waals surface area contributed by atoms with Gasteiger partial charge in [0.2, 0.25) is 0 Å². The van der Waals surface area contributed by atoms with Crippen molar-refractivity contribution in [1.29, 1.82) is 0 Å². The van der Waals surface area contributed by atoms with E-state index in [0.717, 1.165) is 5.57 Å². The van der Waals surface area contributed by atoms with Crippen LogP contribution >= 0.6 is 0 Å². The molecule has 0 saturated carbocycles. The topological polar surface area (TPSA) is 0 Å². The summed E-state index contributed by atoms with van der Waals surface area (Å²) < 4.78 is 0. The first kappa shape index (κ1) is 28.6. The Morgan fingerprint density at radius 1 is 0.625 bits per heavy atom. The molecule has 0 N–H and O–H groups in total. The Kier molecular flexibility index (Phi) is 9.35. The van der Waals surface area contributed by atoms with E-state index < -0.39 is 0 Å². The molecule has 0 amide bonds. The molecule has 0 radical (unpaired) electrons. The standard InChI is InChI=1S/C40H40/c1-8-10-16-33(9-2)30(5)25-23-28(3)29(4)24-26-31(6)34-17-15-18-35(27-34)40-38-21-13-11-19-36(38)32(7)37-20-12-14-22-39(37)40/h8-27H,2H2,1,3-7H3/b10-8-,28-23+,29-24+,30-25+,31-26+,33-16+. The lowest BCUT2D eigenvalue weighted by Gasteiger charge is -2.16. The summed E-state index contributed by atoms with van der Waals surface area (Å²) >= 11 is 0. The van der Waals surface area contributed by atoms with Gasteiger partial charge in [-0.05, 0) is 119 Å². The molecule has 0 spiro atoms. The highest BCUT2D eigenvalue weighted by Crippen LogP contribution is 2.39. The van der Waals surface area contributed by atoms with Gasteiger partial charge in [0.05, 0.1) is 0 Å². The molecule has 4 aromatic carbocycles. The lowest BCUT2D eigenvalue weighted by molar-refractivity contribution is 1.33. The molecule has 0 heteroatoms. The molecule has 0 fully saturated rings. The Morgan fingerprint density at radius 2 is 1.18 bits per heavy atom. The molecule has 0 atom stereocenters. The second kappa shape index (κ2) is 13.1. The Bertz CT molecular complexity index is 1680. The van der Waals surface area contributed by atoms with Crippen LogP contribution in [0.5, 0.6) is 0 Å². The maximum absolute atomic E-state index is 3.95. The second-order valence-corrected chi connectivity index (χ2v) is 10.4. The van der Waals surface area contributed by atoms with E-state index in [4.69, 9.17) is 0 Å². The largest absolute Gasteiger partial charge is 0.0985 e. The van der Waals surface area contributed by atoms with Crippen molar-refractivity contribution >= 4 is 27.1 Å². The third-order valence-electron chi connectivity index (χ3n) is 7.74. The molecule has 0 bridgehead atoms. The Hall–Kier alpha value is -4.42. The summed E-state index contributed by atoms with van der Waals surface area (Å²) in [5.74, 6) is 0. The molecule has 200 valence electrons. The van der Waals surface area contributed by atoms with E-state index in [9.17, 15) is 0 Å². The van der Waals surface area contributed by atoms with Crippen LogP contribution in [0, 0.1) is 6.92 Å². The van der Waals surface area contributed by atoms with E-state index in [1.165, 1.54) is 66.1 Å². The fourth-order valence-electron chi connectivity index (χ4n) is 5.09. The van der Waals surface area contributed by atoms with Crippen LogP contribution < -0.4 is 0 Å². The maximum Gasteiger partial charge on any atom is -0.00264 e. The minimum absolute atomic E-state index is 1.13. The molecule has 0 aromatic heterocycles. The van der Waals surface area contributed by atoms with E-state index in [1.54, 1.807) is 0 Å². The third kappa shape index (κ3) is 6.24. The van der Waals surface area contributed by atoms with Crippen LogP contribution in [0.4, 0.5) is 0 Å². The van der Waals surface area contributed by atoms with Crippen LogP contribution in [-0.4, -0.2) is 0 Å². The lowest BCUT2D eigenvalue weighted by Crippen LogP contribution is -1.90. The molecule has 4 rings (SSSR count). The number of hydrogen-bond acceptors (Lipinski definition) is 0. The monoisotopic (exact) mass is 520 g/mol. The van der Waals surface area contributed by atoms with E-state index in [1.807, 2.05) is 25.2 Å². The predicted molar refractivity (Wildman–Crippen MR) is 180 cm³/mol. The average molecular weight is 521 g/mol.